The second-order valence-corrected chi connectivity index (χ2v) is 8.79. The van der Waals surface area contributed by atoms with Crippen LogP contribution >= 0.6 is 11.3 Å². The van der Waals surface area contributed by atoms with E-state index in [1.54, 1.807) is 13.2 Å². The summed E-state index contributed by atoms with van der Waals surface area (Å²) in [7, 11) is 2.90. The van der Waals surface area contributed by atoms with Crippen molar-refractivity contribution in [2.75, 3.05) is 31.0 Å². The number of hydrogen-bond donors (Lipinski definition) is 1. The topological polar surface area (TPSA) is 67.9 Å². The van der Waals surface area contributed by atoms with Crippen LogP contribution in [0.5, 0.6) is 5.75 Å². The van der Waals surface area contributed by atoms with Gasteiger partial charge in [-0.3, -0.25) is 4.79 Å². The quantitative estimate of drug-likeness (QED) is 0.508. The largest absolute Gasteiger partial charge is 0.497 e. The van der Waals surface area contributed by atoms with E-state index in [1.807, 2.05) is 41.5 Å². The molecule has 1 N–H and O–H groups in total. The molecular weight excluding hydrogens is 443 g/mol. The molecule has 1 unspecified atom stereocenters. The molecule has 0 aliphatic carbocycles. The number of ether oxygens (including phenoxy) is 2. The van der Waals surface area contributed by atoms with Crippen LogP contribution in [0, 0.1) is 5.82 Å². The summed E-state index contributed by atoms with van der Waals surface area (Å²) in [5.41, 5.74) is 3.57. The molecule has 1 aromatic heterocycles. The molecule has 8 heteroatoms. The number of methoxy groups -OCH3 is 2. The molecule has 1 aliphatic rings. The minimum absolute atomic E-state index is 0.0934. The maximum Gasteiger partial charge on any atom is 0.341 e. The zero-order valence-corrected chi connectivity index (χ0v) is 19.5. The lowest BCUT2D eigenvalue weighted by molar-refractivity contribution is -0.115. The van der Waals surface area contributed by atoms with Gasteiger partial charge in [-0.1, -0.05) is 12.1 Å². The number of esters is 1. The zero-order chi connectivity index (χ0) is 23.5. The normalized spacial score (nSPS) is 15.0. The Hall–Kier alpha value is -3.39. The molecule has 1 amide bonds. The van der Waals surface area contributed by atoms with Gasteiger partial charge in [0, 0.05) is 22.7 Å². The molecule has 1 aliphatic heterocycles. The first kappa shape index (κ1) is 22.8. The van der Waals surface area contributed by atoms with Gasteiger partial charge in [0.1, 0.15) is 22.1 Å². The summed E-state index contributed by atoms with van der Waals surface area (Å²) in [5, 5.41) is 5.14. The molecule has 4 rings (SSSR count). The van der Waals surface area contributed by atoms with Gasteiger partial charge in [-0.25, -0.2) is 9.18 Å². The number of nitrogens with one attached hydrogen (secondary N) is 1. The third-order valence-corrected chi connectivity index (χ3v) is 6.76. The summed E-state index contributed by atoms with van der Waals surface area (Å²) in [6, 6.07) is 12.1. The Bertz CT molecular complexity index is 1180. The third kappa shape index (κ3) is 4.71. The molecule has 0 bridgehead atoms. The van der Waals surface area contributed by atoms with E-state index in [1.165, 1.54) is 30.6 Å². The molecule has 0 saturated carbocycles. The SMILES string of the molecule is COC(=O)c1c(-c2ccc(OC)cc2)csc1NC(=O)CN1c2ccc(F)cc2CCC1C. The number of anilines is 2. The first-order valence-corrected chi connectivity index (χ1v) is 11.5. The number of aryl methyl sites for hydroxylation is 1. The molecule has 0 fully saturated rings. The van der Waals surface area contributed by atoms with Crippen molar-refractivity contribution >= 4 is 33.9 Å². The van der Waals surface area contributed by atoms with Gasteiger partial charge in [-0.15, -0.1) is 11.3 Å². The van der Waals surface area contributed by atoms with Crippen molar-refractivity contribution < 1.29 is 23.5 Å². The number of fused-ring (bicyclic) bond motifs is 1. The highest BCUT2D eigenvalue weighted by molar-refractivity contribution is 7.15. The molecule has 172 valence electrons. The van der Waals surface area contributed by atoms with E-state index >= 15 is 0 Å². The van der Waals surface area contributed by atoms with E-state index in [4.69, 9.17) is 9.47 Å². The number of nitrogens with zero attached hydrogens (tertiary/aromatic N) is 1. The second-order valence-electron chi connectivity index (χ2n) is 7.91. The highest BCUT2D eigenvalue weighted by Gasteiger charge is 2.27. The molecule has 0 spiro atoms. The number of benzene rings is 2. The van der Waals surface area contributed by atoms with Gasteiger partial charge >= 0.3 is 5.97 Å². The Balaban J connectivity index is 1.58. The van der Waals surface area contributed by atoms with E-state index in [-0.39, 0.29) is 24.3 Å². The fraction of sp³-hybridized carbons (Fsp3) is 0.280. The Morgan fingerprint density at radius 2 is 1.94 bits per heavy atom. The molecule has 3 aromatic rings. The van der Waals surface area contributed by atoms with Crippen molar-refractivity contribution in [2.45, 2.75) is 25.8 Å². The van der Waals surface area contributed by atoms with Crippen LogP contribution in [0.1, 0.15) is 29.3 Å². The molecular formula is C25H25FN2O4S. The zero-order valence-electron chi connectivity index (χ0n) is 18.7. The van der Waals surface area contributed by atoms with Crippen LogP contribution in [0.2, 0.25) is 0 Å². The first-order chi connectivity index (χ1) is 15.9. The van der Waals surface area contributed by atoms with Crippen LogP contribution in [0.15, 0.2) is 47.8 Å². The lowest BCUT2D eigenvalue weighted by atomic mass is 9.96. The number of halogens is 1. The molecule has 33 heavy (non-hydrogen) atoms. The van der Waals surface area contributed by atoms with E-state index in [0.717, 1.165) is 29.7 Å². The third-order valence-electron chi connectivity index (χ3n) is 5.86. The fourth-order valence-electron chi connectivity index (χ4n) is 4.09. The average Bonchev–Trinajstić information content (AvgIpc) is 3.23. The van der Waals surface area contributed by atoms with Crippen LogP contribution in [-0.2, 0) is 16.0 Å². The number of rotatable bonds is 6. The number of hydrogen-bond acceptors (Lipinski definition) is 6. The lowest BCUT2D eigenvalue weighted by Gasteiger charge is -2.36. The molecule has 6 nitrogen and oxygen atoms in total. The van der Waals surface area contributed by atoms with Crippen LogP contribution in [-0.4, -0.2) is 38.7 Å². The molecule has 0 radical (unpaired) electrons. The van der Waals surface area contributed by atoms with Crippen LogP contribution in [0.25, 0.3) is 11.1 Å². The van der Waals surface area contributed by atoms with Gasteiger partial charge in [0.15, 0.2) is 0 Å². The lowest BCUT2D eigenvalue weighted by Crippen LogP contribution is -2.42. The Morgan fingerprint density at radius 3 is 2.64 bits per heavy atom. The highest BCUT2D eigenvalue weighted by atomic mass is 32.1. The van der Waals surface area contributed by atoms with Gasteiger partial charge in [0.2, 0.25) is 5.91 Å². The smallest absolute Gasteiger partial charge is 0.341 e. The highest BCUT2D eigenvalue weighted by Crippen LogP contribution is 2.37. The molecule has 0 saturated heterocycles. The summed E-state index contributed by atoms with van der Waals surface area (Å²) < 4.78 is 23.9. The van der Waals surface area contributed by atoms with Gasteiger partial charge < -0.3 is 19.7 Å². The summed E-state index contributed by atoms with van der Waals surface area (Å²) in [4.78, 5) is 27.6. The average molecular weight is 469 g/mol. The summed E-state index contributed by atoms with van der Waals surface area (Å²) in [5.74, 6) is -0.352. The fourth-order valence-corrected chi connectivity index (χ4v) is 5.07. The van der Waals surface area contributed by atoms with Gasteiger partial charge in [-0.2, -0.15) is 0 Å². The van der Waals surface area contributed by atoms with E-state index in [0.29, 0.717) is 21.9 Å². The Kier molecular flexibility index (Phi) is 6.65. The van der Waals surface area contributed by atoms with Gasteiger partial charge in [0.05, 0.1) is 20.8 Å². The predicted molar refractivity (Wildman–Crippen MR) is 128 cm³/mol. The van der Waals surface area contributed by atoms with Crippen molar-refractivity contribution in [3.8, 4) is 16.9 Å². The molecule has 2 heterocycles. The minimum atomic E-state index is -0.524. The number of carbonyl (C=O) groups is 2. The van der Waals surface area contributed by atoms with Crippen molar-refractivity contribution in [3.05, 3.63) is 64.8 Å². The van der Waals surface area contributed by atoms with Gasteiger partial charge in [0.25, 0.3) is 0 Å². The maximum atomic E-state index is 13.7. The molecule has 1 atom stereocenters. The first-order valence-electron chi connectivity index (χ1n) is 10.6. The predicted octanol–water partition coefficient (Wildman–Crippen LogP) is 5.13. The summed E-state index contributed by atoms with van der Waals surface area (Å²) in [6.07, 6.45) is 1.60. The Morgan fingerprint density at radius 1 is 1.18 bits per heavy atom. The standard InChI is InChI=1S/C25H25FN2O4S/c1-15-4-5-17-12-18(26)8-11-21(17)28(15)13-22(29)27-24-23(25(30)32-3)20(14-33-24)16-6-9-19(31-2)10-7-16/h6-12,14-15H,4-5,13H2,1-3H3,(H,27,29). The van der Waals surface area contributed by atoms with Crippen molar-refractivity contribution in [2.24, 2.45) is 0 Å². The number of amides is 1. The number of carbonyl (C=O) groups excluding carboxylic acids is 2. The van der Waals surface area contributed by atoms with E-state index in [9.17, 15) is 14.0 Å². The maximum absolute atomic E-state index is 13.7. The van der Waals surface area contributed by atoms with Crippen molar-refractivity contribution in [1.29, 1.82) is 0 Å². The number of thiophene rings is 1. The van der Waals surface area contributed by atoms with E-state index < -0.39 is 5.97 Å². The minimum Gasteiger partial charge on any atom is -0.497 e. The Labute approximate surface area is 195 Å². The van der Waals surface area contributed by atoms with Gasteiger partial charge in [-0.05, 0) is 61.2 Å². The summed E-state index contributed by atoms with van der Waals surface area (Å²) >= 11 is 1.27. The van der Waals surface area contributed by atoms with Crippen molar-refractivity contribution in [1.82, 2.24) is 0 Å². The van der Waals surface area contributed by atoms with E-state index in [2.05, 4.69) is 5.32 Å². The second kappa shape index (κ2) is 9.62. The molecule has 2 aromatic carbocycles. The summed E-state index contributed by atoms with van der Waals surface area (Å²) in [6.45, 7) is 2.14. The van der Waals surface area contributed by atoms with Crippen LogP contribution in [0.4, 0.5) is 15.1 Å². The van der Waals surface area contributed by atoms with Crippen LogP contribution < -0.4 is 15.0 Å². The van der Waals surface area contributed by atoms with Crippen molar-refractivity contribution in [3.63, 3.8) is 0 Å². The van der Waals surface area contributed by atoms with Crippen LogP contribution in [0.3, 0.4) is 0 Å². The monoisotopic (exact) mass is 468 g/mol.